The molecule has 0 aliphatic heterocycles. The van der Waals surface area contributed by atoms with E-state index >= 15 is 0 Å². The minimum Gasteiger partial charge on any atom is -0.394 e. The van der Waals surface area contributed by atoms with Gasteiger partial charge in [-0.15, -0.1) is 0 Å². The second-order valence-corrected chi connectivity index (χ2v) is 17.5. The number of nitrogens with one attached hydrogen (secondary N) is 1. The standard InChI is InChI=1S/C52H99NO5/c1-3-5-7-9-11-13-15-17-19-21-23-24-25-26-28-30-32-34-36-38-40-42-44-46-50(56)52(58)53-48(47-54)51(57)49(55)45-43-41-39-37-35-33-31-29-27-22-20-18-16-14-12-10-8-6-4-2/h26,28-29,31,37,39,48-51,54-57H,3-25,27,30,32-36,38,40-47H2,1-2H3,(H,53,58)/b28-26-,31-29+,39-37+. The Balaban J connectivity index is 3.74. The number of allylic oxidation sites excluding steroid dienone is 6. The first-order chi connectivity index (χ1) is 28.5. The van der Waals surface area contributed by atoms with Gasteiger partial charge in [0.2, 0.25) is 5.91 Å². The third-order valence-electron chi connectivity index (χ3n) is 11.8. The van der Waals surface area contributed by atoms with Crippen LogP contribution in [0.15, 0.2) is 36.5 Å². The van der Waals surface area contributed by atoms with Crippen LogP contribution in [0.25, 0.3) is 0 Å². The third-order valence-corrected chi connectivity index (χ3v) is 11.8. The van der Waals surface area contributed by atoms with Crippen LogP contribution in [0.4, 0.5) is 0 Å². The van der Waals surface area contributed by atoms with Gasteiger partial charge in [-0.2, -0.15) is 0 Å². The smallest absolute Gasteiger partial charge is 0.249 e. The van der Waals surface area contributed by atoms with E-state index in [1.807, 2.05) is 0 Å². The van der Waals surface area contributed by atoms with Crippen LogP contribution in [0.2, 0.25) is 0 Å². The average Bonchev–Trinajstić information content (AvgIpc) is 3.23. The summed E-state index contributed by atoms with van der Waals surface area (Å²) in [4.78, 5) is 12.6. The van der Waals surface area contributed by atoms with Crippen molar-refractivity contribution in [2.24, 2.45) is 0 Å². The lowest BCUT2D eigenvalue weighted by Crippen LogP contribution is -2.53. The number of aliphatic hydroxyl groups is 4. The van der Waals surface area contributed by atoms with E-state index in [-0.39, 0.29) is 0 Å². The molecule has 4 atom stereocenters. The Morgan fingerprint density at radius 1 is 0.414 bits per heavy atom. The molecular weight excluding hydrogens is 719 g/mol. The molecule has 58 heavy (non-hydrogen) atoms. The number of amides is 1. The van der Waals surface area contributed by atoms with Gasteiger partial charge in [0.1, 0.15) is 12.2 Å². The fourth-order valence-electron chi connectivity index (χ4n) is 7.77. The summed E-state index contributed by atoms with van der Waals surface area (Å²) >= 11 is 0. The Kier molecular flexibility index (Phi) is 45.4. The van der Waals surface area contributed by atoms with E-state index in [2.05, 4.69) is 55.6 Å². The molecule has 4 unspecified atom stereocenters. The number of hydrogen-bond donors (Lipinski definition) is 5. The highest BCUT2D eigenvalue weighted by Crippen LogP contribution is 2.16. The third kappa shape index (κ3) is 40.0. The molecule has 5 N–H and O–H groups in total. The van der Waals surface area contributed by atoms with E-state index < -0.39 is 36.9 Å². The maximum absolute atomic E-state index is 12.6. The summed E-state index contributed by atoms with van der Waals surface area (Å²) in [6.45, 7) is 4.05. The maximum Gasteiger partial charge on any atom is 0.249 e. The van der Waals surface area contributed by atoms with Crippen LogP contribution >= 0.6 is 0 Å². The predicted octanol–water partition coefficient (Wildman–Crippen LogP) is 14.1. The summed E-state index contributed by atoms with van der Waals surface area (Å²) in [5, 5.41) is 43.8. The van der Waals surface area contributed by atoms with E-state index in [4.69, 9.17) is 0 Å². The lowest BCUT2D eigenvalue weighted by molar-refractivity contribution is -0.132. The highest BCUT2D eigenvalue weighted by atomic mass is 16.3. The molecule has 0 radical (unpaired) electrons. The number of aliphatic hydroxyl groups excluding tert-OH is 4. The Morgan fingerprint density at radius 3 is 1.09 bits per heavy atom. The molecule has 0 aromatic rings. The molecule has 0 aliphatic rings. The molecule has 1 amide bonds. The molecule has 0 fully saturated rings. The molecule has 0 bridgehead atoms. The van der Waals surface area contributed by atoms with Crippen LogP contribution in [0.1, 0.15) is 258 Å². The Morgan fingerprint density at radius 2 is 0.724 bits per heavy atom. The van der Waals surface area contributed by atoms with Gasteiger partial charge >= 0.3 is 0 Å². The summed E-state index contributed by atoms with van der Waals surface area (Å²) in [6.07, 6.45) is 56.2. The Bertz CT molecular complexity index is 919. The van der Waals surface area contributed by atoms with Crippen LogP contribution in [0, 0.1) is 0 Å². The minimum atomic E-state index is -1.29. The van der Waals surface area contributed by atoms with Gasteiger partial charge in [-0.05, 0) is 77.0 Å². The van der Waals surface area contributed by atoms with Crippen molar-refractivity contribution in [1.82, 2.24) is 5.32 Å². The first kappa shape index (κ1) is 56.5. The van der Waals surface area contributed by atoms with Crippen molar-refractivity contribution >= 4 is 5.91 Å². The molecule has 0 heterocycles. The summed E-state index contributed by atoms with van der Waals surface area (Å²) in [5.74, 6) is -0.599. The second kappa shape index (κ2) is 46.6. The SMILES string of the molecule is CCCCCCCCCCCC/C=C/CC/C=C/CCCC(O)C(O)C(CO)NC(=O)C(O)CCCCCCCCC/C=C\CCCCCCCCCCCCCC. The summed E-state index contributed by atoms with van der Waals surface area (Å²) in [5.41, 5.74) is 0. The van der Waals surface area contributed by atoms with E-state index in [9.17, 15) is 25.2 Å². The zero-order valence-corrected chi connectivity index (χ0v) is 38.5. The number of carbonyl (C=O) groups excluding carboxylic acids is 1. The summed E-state index contributed by atoms with van der Waals surface area (Å²) in [6, 6.07) is -1.01. The quantitative estimate of drug-likeness (QED) is 0.0310. The van der Waals surface area contributed by atoms with Gasteiger partial charge in [0.25, 0.3) is 0 Å². The van der Waals surface area contributed by atoms with Crippen LogP contribution in [0.3, 0.4) is 0 Å². The highest BCUT2D eigenvalue weighted by Gasteiger charge is 2.28. The molecule has 0 saturated heterocycles. The van der Waals surface area contributed by atoms with Crippen molar-refractivity contribution in [3.05, 3.63) is 36.5 Å². The second-order valence-electron chi connectivity index (χ2n) is 17.5. The van der Waals surface area contributed by atoms with E-state index in [0.29, 0.717) is 19.3 Å². The van der Waals surface area contributed by atoms with Crippen LogP contribution in [-0.2, 0) is 4.79 Å². The fraction of sp³-hybridized carbons (Fsp3) is 0.865. The monoisotopic (exact) mass is 818 g/mol. The molecular formula is C52H99NO5. The van der Waals surface area contributed by atoms with E-state index in [1.54, 1.807) is 0 Å². The van der Waals surface area contributed by atoms with Gasteiger partial charge in [-0.25, -0.2) is 0 Å². The van der Waals surface area contributed by atoms with Crippen molar-refractivity contribution in [2.45, 2.75) is 282 Å². The highest BCUT2D eigenvalue weighted by molar-refractivity contribution is 5.80. The van der Waals surface area contributed by atoms with Crippen molar-refractivity contribution in [3.63, 3.8) is 0 Å². The predicted molar refractivity (Wildman–Crippen MR) is 251 cm³/mol. The molecule has 0 saturated carbocycles. The Hall–Kier alpha value is -1.47. The van der Waals surface area contributed by atoms with E-state index in [1.165, 1.54) is 186 Å². The molecule has 0 aromatic carbocycles. The van der Waals surface area contributed by atoms with Gasteiger partial charge in [0, 0.05) is 0 Å². The molecule has 342 valence electrons. The van der Waals surface area contributed by atoms with Gasteiger partial charge in [0.15, 0.2) is 0 Å². The number of hydrogen-bond acceptors (Lipinski definition) is 5. The molecule has 0 aromatic heterocycles. The van der Waals surface area contributed by atoms with Crippen molar-refractivity contribution in [3.8, 4) is 0 Å². The van der Waals surface area contributed by atoms with Crippen molar-refractivity contribution in [2.75, 3.05) is 6.61 Å². The topological polar surface area (TPSA) is 110 Å². The molecule has 6 heteroatoms. The lowest BCUT2D eigenvalue weighted by Gasteiger charge is -2.27. The molecule has 0 rings (SSSR count). The first-order valence-electron chi connectivity index (χ1n) is 25.4. The van der Waals surface area contributed by atoms with Crippen molar-refractivity contribution < 1.29 is 25.2 Å². The lowest BCUT2D eigenvalue weighted by atomic mass is 10.00. The molecule has 0 aliphatic carbocycles. The van der Waals surface area contributed by atoms with Crippen LogP contribution < -0.4 is 5.32 Å². The van der Waals surface area contributed by atoms with E-state index in [0.717, 1.165) is 38.5 Å². The van der Waals surface area contributed by atoms with Gasteiger partial charge in [-0.1, -0.05) is 217 Å². The van der Waals surface area contributed by atoms with Gasteiger partial charge in [0.05, 0.1) is 18.8 Å². The maximum atomic E-state index is 12.6. The van der Waals surface area contributed by atoms with Crippen LogP contribution in [0.5, 0.6) is 0 Å². The number of rotatable bonds is 46. The van der Waals surface area contributed by atoms with Crippen LogP contribution in [-0.4, -0.2) is 57.3 Å². The summed E-state index contributed by atoms with van der Waals surface area (Å²) in [7, 11) is 0. The van der Waals surface area contributed by atoms with Crippen molar-refractivity contribution in [1.29, 1.82) is 0 Å². The summed E-state index contributed by atoms with van der Waals surface area (Å²) < 4.78 is 0. The zero-order chi connectivity index (χ0) is 42.4. The fourth-order valence-corrected chi connectivity index (χ4v) is 7.77. The molecule has 0 spiro atoms. The molecule has 6 nitrogen and oxygen atoms in total. The van der Waals surface area contributed by atoms with Gasteiger partial charge < -0.3 is 25.7 Å². The average molecular weight is 818 g/mol. The normalized spacial score (nSPS) is 14.2. The number of carbonyl (C=O) groups is 1. The first-order valence-corrected chi connectivity index (χ1v) is 25.4. The van der Waals surface area contributed by atoms with Gasteiger partial charge in [-0.3, -0.25) is 4.79 Å². The number of unbranched alkanes of at least 4 members (excludes halogenated alkanes) is 31. The minimum absolute atomic E-state index is 0.355. The largest absolute Gasteiger partial charge is 0.394 e. The Labute approximate surface area is 360 Å². The zero-order valence-electron chi connectivity index (χ0n) is 38.5.